The molecule has 0 fully saturated rings. The van der Waals surface area contributed by atoms with Crippen LogP contribution in [-0.4, -0.2) is 41.7 Å². The number of carbonyl (C=O) groups is 1. The number of fused-ring (bicyclic) bond motifs is 1. The maximum Gasteiger partial charge on any atom is 0.267 e. The van der Waals surface area contributed by atoms with Gasteiger partial charge in [0.25, 0.3) is 5.91 Å². The van der Waals surface area contributed by atoms with Crippen LogP contribution in [0.1, 0.15) is 40.9 Å². The van der Waals surface area contributed by atoms with Gasteiger partial charge in [0.1, 0.15) is 10.7 Å². The quantitative estimate of drug-likeness (QED) is 0.840. The van der Waals surface area contributed by atoms with Gasteiger partial charge in [-0.1, -0.05) is 18.3 Å². The SMILES string of the molecule is CCc1nnsc1C(=O)N1CCn2c(CC)nnc2C1. The number of hydrogen-bond acceptors (Lipinski definition) is 6. The smallest absolute Gasteiger partial charge is 0.267 e. The molecule has 0 aromatic carbocycles. The highest BCUT2D eigenvalue weighted by molar-refractivity contribution is 7.07. The van der Waals surface area contributed by atoms with Gasteiger partial charge >= 0.3 is 0 Å². The first-order valence-corrected chi connectivity index (χ1v) is 7.53. The van der Waals surface area contributed by atoms with Gasteiger partial charge in [-0.05, 0) is 18.0 Å². The van der Waals surface area contributed by atoms with Gasteiger partial charge in [0.2, 0.25) is 0 Å². The summed E-state index contributed by atoms with van der Waals surface area (Å²) in [5.74, 6) is 1.85. The van der Waals surface area contributed by atoms with Gasteiger partial charge in [0.15, 0.2) is 5.82 Å². The van der Waals surface area contributed by atoms with Crippen LogP contribution in [0.15, 0.2) is 0 Å². The molecule has 3 rings (SSSR count). The van der Waals surface area contributed by atoms with Crippen molar-refractivity contribution in [1.82, 2.24) is 29.3 Å². The molecule has 0 spiro atoms. The summed E-state index contributed by atoms with van der Waals surface area (Å²) in [6.45, 7) is 5.98. The summed E-state index contributed by atoms with van der Waals surface area (Å²) in [4.78, 5) is 15.0. The molecule has 2 aromatic heterocycles. The van der Waals surface area contributed by atoms with Gasteiger partial charge in [0.05, 0.1) is 12.2 Å². The molecule has 20 heavy (non-hydrogen) atoms. The lowest BCUT2D eigenvalue weighted by atomic mass is 10.2. The number of aromatic nitrogens is 5. The molecule has 0 saturated carbocycles. The van der Waals surface area contributed by atoms with Crippen molar-refractivity contribution in [3.63, 3.8) is 0 Å². The van der Waals surface area contributed by atoms with E-state index in [9.17, 15) is 4.79 Å². The zero-order valence-corrected chi connectivity index (χ0v) is 12.4. The number of nitrogens with zero attached hydrogens (tertiary/aromatic N) is 6. The third-order valence-electron chi connectivity index (χ3n) is 3.52. The molecule has 0 saturated heterocycles. The Labute approximate surface area is 120 Å². The van der Waals surface area contributed by atoms with E-state index < -0.39 is 0 Å². The summed E-state index contributed by atoms with van der Waals surface area (Å²) in [5, 5.41) is 12.3. The molecule has 3 heterocycles. The first kappa shape index (κ1) is 13.2. The van der Waals surface area contributed by atoms with E-state index in [1.807, 2.05) is 6.92 Å². The van der Waals surface area contributed by atoms with Gasteiger partial charge in [0, 0.05) is 19.5 Å². The average Bonchev–Trinajstić information content (AvgIpc) is 3.11. The Kier molecular flexibility index (Phi) is 3.47. The van der Waals surface area contributed by atoms with E-state index in [2.05, 4.69) is 31.3 Å². The normalized spacial score (nSPS) is 14.4. The van der Waals surface area contributed by atoms with Gasteiger partial charge in [-0.15, -0.1) is 15.3 Å². The predicted octanol–water partition coefficient (Wildman–Crippen LogP) is 0.910. The van der Waals surface area contributed by atoms with Crippen LogP contribution in [0.3, 0.4) is 0 Å². The van der Waals surface area contributed by atoms with Crippen molar-refractivity contribution in [2.24, 2.45) is 0 Å². The number of carbonyl (C=O) groups excluding carboxylic acids is 1. The molecule has 1 amide bonds. The first-order chi connectivity index (χ1) is 9.74. The molecular weight excluding hydrogens is 276 g/mol. The van der Waals surface area contributed by atoms with Crippen LogP contribution >= 0.6 is 11.5 Å². The number of aryl methyl sites for hydroxylation is 2. The number of amides is 1. The molecule has 0 unspecified atom stereocenters. The van der Waals surface area contributed by atoms with Gasteiger partial charge in [-0.2, -0.15) is 0 Å². The standard InChI is InChI=1S/C12H16N6OS/c1-3-8-11(20-16-13-8)12(19)17-5-6-18-9(4-2)14-15-10(18)7-17/h3-7H2,1-2H3. The van der Waals surface area contributed by atoms with Crippen molar-refractivity contribution in [3.8, 4) is 0 Å². The second kappa shape index (κ2) is 5.28. The van der Waals surface area contributed by atoms with Gasteiger partial charge < -0.3 is 9.47 Å². The van der Waals surface area contributed by atoms with Crippen LogP contribution in [-0.2, 0) is 25.9 Å². The van der Waals surface area contributed by atoms with Crippen LogP contribution < -0.4 is 0 Å². The molecular formula is C12H16N6OS. The van der Waals surface area contributed by atoms with E-state index in [-0.39, 0.29) is 5.91 Å². The van der Waals surface area contributed by atoms with Crippen LogP contribution in [0, 0.1) is 0 Å². The maximum atomic E-state index is 12.5. The fourth-order valence-electron chi connectivity index (χ4n) is 2.40. The fraction of sp³-hybridized carbons (Fsp3) is 0.583. The van der Waals surface area contributed by atoms with Crippen LogP contribution in [0.5, 0.6) is 0 Å². The topological polar surface area (TPSA) is 76.8 Å². The molecule has 0 radical (unpaired) electrons. The zero-order valence-electron chi connectivity index (χ0n) is 11.5. The highest BCUT2D eigenvalue weighted by Crippen LogP contribution is 2.19. The molecule has 106 valence electrons. The van der Waals surface area contributed by atoms with E-state index in [1.165, 1.54) is 11.5 Å². The summed E-state index contributed by atoms with van der Waals surface area (Å²) in [6, 6.07) is 0. The van der Waals surface area contributed by atoms with Crippen molar-refractivity contribution in [1.29, 1.82) is 0 Å². The second-order valence-corrected chi connectivity index (χ2v) is 5.42. The lowest BCUT2D eigenvalue weighted by Crippen LogP contribution is -2.38. The van der Waals surface area contributed by atoms with Crippen molar-refractivity contribution >= 4 is 17.4 Å². The molecule has 0 aliphatic carbocycles. The molecule has 0 N–H and O–H groups in total. The Hall–Kier alpha value is -1.83. The van der Waals surface area contributed by atoms with E-state index in [0.29, 0.717) is 18.0 Å². The summed E-state index contributed by atoms with van der Waals surface area (Å²) >= 11 is 1.17. The van der Waals surface area contributed by atoms with Crippen LogP contribution in [0.4, 0.5) is 0 Å². The monoisotopic (exact) mass is 292 g/mol. The molecule has 8 heteroatoms. The first-order valence-electron chi connectivity index (χ1n) is 6.76. The zero-order chi connectivity index (χ0) is 14.1. The van der Waals surface area contributed by atoms with E-state index in [1.54, 1.807) is 4.90 Å². The highest BCUT2D eigenvalue weighted by Gasteiger charge is 2.27. The second-order valence-electron chi connectivity index (χ2n) is 4.67. The number of hydrogen-bond donors (Lipinski definition) is 0. The average molecular weight is 292 g/mol. The highest BCUT2D eigenvalue weighted by atomic mass is 32.1. The van der Waals surface area contributed by atoms with Crippen molar-refractivity contribution in [2.45, 2.75) is 39.8 Å². The van der Waals surface area contributed by atoms with Crippen molar-refractivity contribution in [2.75, 3.05) is 6.54 Å². The van der Waals surface area contributed by atoms with Crippen LogP contribution in [0.25, 0.3) is 0 Å². The van der Waals surface area contributed by atoms with Crippen LogP contribution in [0.2, 0.25) is 0 Å². The van der Waals surface area contributed by atoms with Crippen molar-refractivity contribution in [3.05, 3.63) is 22.2 Å². The minimum atomic E-state index is 0.00384. The molecule has 2 aromatic rings. The van der Waals surface area contributed by atoms with Gasteiger partial charge in [-0.25, -0.2) is 0 Å². The van der Waals surface area contributed by atoms with E-state index >= 15 is 0 Å². The number of rotatable bonds is 3. The Morgan fingerprint density at radius 1 is 1.20 bits per heavy atom. The Morgan fingerprint density at radius 3 is 2.80 bits per heavy atom. The fourth-order valence-corrected chi connectivity index (χ4v) is 3.12. The minimum Gasteiger partial charge on any atom is -0.328 e. The largest absolute Gasteiger partial charge is 0.328 e. The van der Waals surface area contributed by atoms with Gasteiger partial charge in [-0.3, -0.25) is 4.79 Å². The summed E-state index contributed by atoms with van der Waals surface area (Å²) in [5.41, 5.74) is 0.779. The maximum absolute atomic E-state index is 12.5. The van der Waals surface area contributed by atoms with Crippen molar-refractivity contribution < 1.29 is 4.79 Å². The summed E-state index contributed by atoms with van der Waals surface area (Å²) < 4.78 is 5.99. The van der Waals surface area contributed by atoms with E-state index in [0.717, 1.165) is 36.7 Å². The lowest BCUT2D eigenvalue weighted by Gasteiger charge is -2.27. The third-order valence-corrected chi connectivity index (χ3v) is 4.27. The molecule has 1 aliphatic rings. The van der Waals surface area contributed by atoms with E-state index in [4.69, 9.17) is 0 Å². The molecule has 0 atom stereocenters. The third kappa shape index (κ3) is 2.09. The molecule has 7 nitrogen and oxygen atoms in total. The molecule has 1 aliphatic heterocycles. The predicted molar refractivity (Wildman–Crippen MR) is 73.4 cm³/mol. The molecule has 0 bridgehead atoms. The Bertz CT molecular complexity index is 634. The Balaban J connectivity index is 1.82. The minimum absolute atomic E-state index is 0.00384. The Morgan fingerprint density at radius 2 is 2.05 bits per heavy atom. The summed E-state index contributed by atoms with van der Waals surface area (Å²) in [7, 11) is 0. The summed E-state index contributed by atoms with van der Waals surface area (Å²) in [6.07, 6.45) is 1.58. The lowest BCUT2D eigenvalue weighted by molar-refractivity contribution is 0.0710.